The lowest BCUT2D eigenvalue weighted by Gasteiger charge is -2.54. The maximum Gasteiger partial charge on any atom is 0.300 e. The molecule has 30 heavy (non-hydrogen) atoms. The van der Waals surface area contributed by atoms with Crippen LogP contribution in [0.5, 0.6) is 0 Å². The van der Waals surface area contributed by atoms with Crippen molar-refractivity contribution in [1.82, 2.24) is 0 Å². The van der Waals surface area contributed by atoms with E-state index >= 15 is 0 Å². The molecule has 0 saturated heterocycles. The molecule has 3 N–H and O–H groups in total. The summed E-state index contributed by atoms with van der Waals surface area (Å²) >= 11 is 0. The number of hydrogen-bond donors (Lipinski definition) is 3. The lowest BCUT2D eigenvalue weighted by molar-refractivity contribution is -0.135. The standard InChI is InChI=1S/C20H26O2.2C2H4O2/c1-3-20(22)11-9-18-17-6-4-13-12-14(21)5-7-15(13)16(17)8-10-19(18,20)2;2*1-2(3)4/h1,12,15-18,22H,4-11H2,2H3;2*1H3,(H,3,4)/t15-,16+,17+,18-,19-,20-;;/m0../s1. The van der Waals surface area contributed by atoms with Crippen LogP contribution in [-0.2, 0) is 14.4 Å². The molecule has 6 atom stereocenters. The SMILES string of the molecule is C#C[C@]1(O)CC[C@H]2[C@@H]3CCC4=CC(=O)CC[C@@H]4[C@H]3CC[C@@]21C.CC(=O)O.CC(=O)O. The summed E-state index contributed by atoms with van der Waals surface area (Å²) in [6.45, 7) is 4.40. The Morgan fingerprint density at radius 2 is 1.63 bits per heavy atom. The summed E-state index contributed by atoms with van der Waals surface area (Å²) in [4.78, 5) is 29.7. The van der Waals surface area contributed by atoms with Crippen LogP contribution in [0.4, 0.5) is 0 Å². The first-order chi connectivity index (χ1) is 13.9. The number of carboxylic acid groups (broad SMARTS) is 2. The number of carboxylic acids is 2. The average molecular weight is 419 g/mol. The third kappa shape index (κ3) is 4.78. The number of carbonyl (C=O) groups is 3. The summed E-state index contributed by atoms with van der Waals surface area (Å²) in [7, 11) is 0. The molecule has 0 spiro atoms. The second kappa shape index (κ2) is 9.34. The lowest BCUT2D eigenvalue weighted by atomic mass is 9.50. The van der Waals surface area contributed by atoms with Gasteiger partial charge in [0.05, 0.1) is 0 Å². The summed E-state index contributed by atoms with van der Waals surface area (Å²) in [5, 5.41) is 25.8. The molecule has 0 bridgehead atoms. The van der Waals surface area contributed by atoms with Gasteiger partial charge in [-0.3, -0.25) is 14.4 Å². The highest BCUT2D eigenvalue weighted by atomic mass is 16.4. The van der Waals surface area contributed by atoms with Crippen LogP contribution in [0.2, 0.25) is 0 Å². The number of ketones is 1. The van der Waals surface area contributed by atoms with Gasteiger partial charge in [0, 0.05) is 25.7 Å². The smallest absolute Gasteiger partial charge is 0.300 e. The Kier molecular flexibility index (Phi) is 7.52. The minimum Gasteiger partial charge on any atom is -0.481 e. The fraction of sp³-hybridized carbons (Fsp3) is 0.708. The van der Waals surface area contributed by atoms with E-state index in [0.29, 0.717) is 29.5 Å². The Labute approximate surface area is 178 Å². The van der Waals surface area contributed by atoms with E-state index in [1.807, 2.05) is 6.08 Å². The van der Waals surface area contributed by atoms with Crippen LogP contribution in [-0.4, -0.2) is 38.6 Å². The molecular formula is C24H34O6. The molecule has 0 heterocycles. The van der Waals surface area contributed by atoms with Crippen molar-refractivity contribution in [2.75, 3.05) is 0 Å². The normalized spacial score (nSPS) is 38.6. The molecule has 4 aliphatic rings. The molecule has 166 valence electrons. The van der Waals surface area contributed by atoms with E-state index in [1.165, 1.54) is 12.0 Å². The van der Waals surface area contributed by atoms with Crippen LogP contribution in [0.3, 0.4) is 0 Å². The zero-order valence-corrected chi connectivity index (χ0v) is 18.2. The van der Waals surface area contributed by atoms with E-state index in [1.54, 1.807) is 0 Å². The van der Waals surface area contributed by atoms with Crippen LogP contribution in [0.1, 0.15) is 72.1 Å². The number of aliphatic carboxylic acids is 2. The van der Waals surface area contributed by atoms with Gasteiger partial charge in [0.25, 0.3) is 11.9 Å². The van der Waals surface area contributed by atoms with Gasteiger partial charge in [0.15, 0.2) is 5.78 Å². The second-order valence-corrected chi connectivity index (χ2v) is 9.34. The quantitative estimate of drug-likeness (QED) is 0.518. The molecule has 0 aromatic heterocycles. The molecule has 4 rings (SSSR count). The molecule has 3 fully saturated rings. The maximum absolute atomic E-state index is 11.7. The molecule has 3 saturated carbocycles. The van der Waals surface area contributed by atoms with Crippen molar-refractivity contribution in [1.29, 1.82) is 0 Å². The third-order valence-electron chi connectivity index (χ3n) is 7.69. The first kappa shape index (κ1) is 24.1. The van der Waals surface area contributed by atoms with Crippen LogP contribution in [0.15, 0.2) is 11.6 Å². The molecule has 0 amide bonds. The number of allylic oxidation sites excluding steroid dienone is 1. The minimum atomic E-state index is -0.902. The number of hydrogen-bond acceptors (Lipinski definition) is 4. The van der Waals surface area contributed by atoms with Gasteiger partial charge in [0.2, 0.25) is 0 Å². The van der Waals surface area contributed by atoms with Gasteiger partial charge in [0.1, 0.15) is 5.60 Å². The predicted molar refractivity (Wildman–Crippen MR) is 112 cm³/mol. The highest BCUT2D eigenvalue weighted by molar-refractivity contribution is 5.91. The van der Waals surface area contributed by atoms with E-state index in [0.717, 1.165) is 58.8 Å². The fourth-order valence-corrected chi connectivity index (χ4v) is 6.43. The summed E-state index contributed by atoms with van der Waals surface area (Å²) in [5.74, 6) is 3.99. The molecule has 0 radical (unpaired) electrons. The van der Waals surface area contributed by atoms with Crippen molar-refractivity contribution in [3.8, 4) is 12.3 Å². The van der Waals surface area contributed by atoms with Crippen molar-refractivity contribution in [2.24, 2.45) is 29.1 Å². The summed E-state index contributed by atoms with van der Waals surface area (Å²) < 4.78 is 0. The third-order valence-corrected chi connectivity index (χ3v) is 7.69. The molecular weight excluding hydrogens is 384 g/mol. The number of aliphatic hydroxyl groups is 1. The van der Waals surface area contributed by atoms with Crippen molar-refractivity contribution < 1.29 is 29.7 Å². The predicted octanol–water partition coefficient (Wildman–Crippen LogP) is 3.67. The van der Waals surface area contributed by atoms with E-state index < -0.39 is 17.5 Å². The summed E-state index contributed by atoms with van der Waals surface area (Å²) in [6.07, 6.45) is 15.7. The molecule has 0 unspecified atom stereocenters. The topological polar surface area (TPSA) is 112 Å². The second-order valence-electron chi connectivity index (χ2n) is 9.34. The summed E-state index contributed by atoms with van der Waals surface area (Å²) in [5.41, 5.74) is 0.418. The van der Waals surface area contributed by atoms with Gasteiger partial charge in [-0.15, -0.1) is 6.42 Å². The van der Waals surface area contributed by atoms with E-state index in [-0.39, 0.29) is 5.41 Å². The van der Waals surface area contributed by atoms with E-state index in [4.69, 9.17) is 26.2 Å². The Morgan fingerprint density at radius 3 is 2.20 bits per heavy atom. The zero-order chi connectivity index (χ0) is 22.7. The molecule has 0 aromatic carbocycles. The van der Waals surface area contributed by atoms with Crippen LogP contribution >= 0.6 is 0 Å². The van der Waals surface area contributed by atoms with Crippen molar-refractivity contribution in [3.63, 3.8) is 0 Å². The van der Waals surface area contributed by atoms with E-state index in [9.17, 15) is 9.90 Å². The van der Waals surface area contributed by atoms with Crippen LogP contribution < -0.4 is 0 Å². The Morgan fingerprint density at radius 1 is 1.03 bits per heavy atom. The zero-order valence-electron chi connectivity index (χ0n) is 18.2. The number of terminal acetylenes is 1. The maximum atomic E-state index is 11.7. The van der Waals surface area contributed by atoms with Gasteiger partial charge in [-0.25, -0.2) is 0 Å². The van der Waals surface area contributed by atoms with Crippen LogP contribution in [0, 0.1) is 41.4 Å². The number of fused-ring (bicyclic) bond motifs is 5. The van der Waals surface area contributed by atoms with Crippen LogP contribution in [0.25, 0.3) is 0 Å². The minimum absolute atomic E-state index is 0.103. The number of rotatable bonds is 0. The van der Waals surface area contributed by atoms with Gasteiger partial charge in [-0.1, -0.05) is 18.4 Å². The molecule has 0 aliphatic heterocycles. The average Bonchev–Trinajstić information content (AvgIpc) is 2.92. The fourth-order valence-electron chi connectivity index (χ4n) is 6.43. The van der Waals surface area contributed by atoms with Crippen molar-refractivity contribution >= 4 is 17.7 Å². The van der Waals surface area contributed by atoms with Gasteiger partial charge in [-0.2, -0.15) is 0 Å². The van der Waals surface area contributed by atoms with Crippen molar-refractivity contribution in [2.45, 2.75) is 77.7 Å². The highest BCUT2D eigenvalue weighted by Crippen LogP contribution is 2.64. The highest BCUT2D eigenvalue weighted by Gasteiger charge is 2.61. The number of carbonyl (C=O) groups excluding carboxylic acids is 1. The monoisotopic (exact) mass is 418 g/mol. The molecule has 6 heteroatoms. The molecule has 0 aromatic rings. The largest absolute Gasteiger partial charge is 0.481 e. The Bertz CT molecular complexity index is 742. The van der Waals surface area contributed by atoms with Gasteiger partial charge >= 0.3 is 0 Å². The first-order valence-corrected chi connectivity index (χ1v) is 10.8. The first-order valence-electron chi connectivity index (χ1n) is 10.8. The molecule has 6 nitrogen and oxygen atoms in total. The summed E-state index contributed by atoms with van der Waals surface area (Å²) in [6, 6.07) is 0. The van der Waals surface area contributed by atoms with Crippen molar-refractivity contribution in [3.05, 3.63) is 11.6 Å². The van der Waals surface area contributed by atoms with E-state index in [2.05, 4.69) is 12.8 Å². The van der Waals surface area contributed by atoms with Gasteiger partial charge < -0.3 is 15.3 Å². The Hall–Kier alpha value is -2.13. The lowest BCUT2D eigenvalue weighted by Crippen LogP contribution is -2.52. The van der Waals surface area contributed by atoms with Gasteiger partial charge in [-0.05, 0) is 74.7 Å². The molecule has 4 aliphatic carbocycles. The Balaban J connectivity index is 0.000000347.